The first kappa shape index (κ1) is 20.4. The van der Waals surface area contributed by atoms with Gasteiger partial charge in [0.2, 0.25) is 10.0 Å². The van der Waals surface area contributed by atoms with E-state index in [0.717, 1.165) is 11.3 Å². The molecule has 1 aliphatic heterocycles. The van der Waals surface area contributed by atoms with Crippen molar-refractivity contribution in [2.45, 2.75) is 11.8 Å². The molecule has 0 radical (unpaired) electrons. The smallest absolute Gasteiger partial charge is 0.270 e. The molecule has 0 atom stereocenters. The number of thiazole rings is 1. The minimum Gasteiger partial charge on any atom is -0.379 e. The van der Waals surface area contributed by atoms with Gasteiger partial charge in [-0.05, 0) is 31.2 Å². The maximum Gasteiger partial charge on any atom is 0.270 e. The van der Waals surface area contributed by atoms with E-state index in [4.69, 9.17) is 4.74 Å². The van der Waals surface area contributed by atoms with Crippen LogP contribution in [0.5, 0.6) is 0 Å². The van der Waals surface area contributed by atoms with Crippen molar-refractivity contribution in [3.63, 3.8) is 0 Å². The summed E-state index contributed by atoms with van der Waals surface area (Å²) in [7, 11) is -3.61. The molecule has 150 valence electrons. The van der Waals surface area contributed by atoms with Crippen molar-refractivity contribution in [2.24, 2.45) is 0 Å². The number of hydrogen-bond donors (Lipinski definition) is 2. The molecule has 0 spiro atoms. The summed E-state index contributed by atoms with van der Waals surface area (Å²) >= 11 is 1.13. The van der Waals surface area contributed by atoms with Crippen molar-refractivity contribution in [3.8, 4) is 0 Å². The van der Waals surface area contributed by atoms with E-state index in [1.807, 2.05) is 0 Å². The lowest BCUT2D eigenvalue weighted by molar-refractivity contribution is 0.0730. The molecule has 3 rings (SSSR count). The Balaban J connectivity index is 1.68. The molecule has 0 bridgehead atoms. The zero-order valence-corrected chi connectivity index (χ0v) is 16.8. The first-order chi connectivity index (χ1) is 13.4. The number of aromatic nitrogens is 1. The molecule has 1 aliphatic rings. The minimum absolute atomic E-state index is 0.124. The molecule has 28 heavy (non-hydrogen) atoms. The Kier molecular flexibility index (Phi) is 6.39. The number of ether oxygens (including phenoxy) is 1. The molecule has 1 fully saturated rings. The Labute approximate surface area is 166 Å². The van der Waals surface area contributed by atoms with Gasteiger partial charge >= 0.3 is 0 Å². The zero-order chi connectivity index (χ0) is 20.1. The highest BCUT2D eigenvalue weighted by atomic mass is 32.2. The van der Waals surface area contributed by atoms with E-state index in [2.05, 4.69) is 15.6 Å². The predicted molar refractivity (Wildman–Crippen MR) is 104 cm³/mol. The maximum atomic E-state index is 12.6. The van der Waals surface area contributed by atoms with Gasteiger partial charge in [0, 0.05) is 30.6 Å². The Morgan fingerprint density at radius 3 is 2.50 bits per heavy atom. The summed E-state index contributed by atoms with van der Waals surface area (Å²) in [6.07, 6.45) is 0. The topological polar surface area (TPSA) is 118 Å². The number of anilines is 1. The number of nitrogens with zero attached hydrogens (tertiary/aromatic N) is 2. The van der Waals surface area contributed by atoms with Gasteiger partial charge < -0.3 is 10.1 Å². The van der Waals surface area contributed by atoms with Gasteiger partial charge in [-0.1, -0.05) is 0 Å². The van der Waals surface area contributed by atoms with Crippen LogP contribution in [0, 0.1) is 0 Å². The summed E-state index contributed by atoms with van der Waals surface area (Å²) in [4.78, 5) is 28.3. The second kappa shape index (κ2) is 8.78. The average molecular weight is 425 g/mol. The molecule has 0 saturated carbocycles. The number of sulfonamides is 1. The number of nitrogens with one attached hydrogen (secondary N) is 2. The second-order valence-electron chi connectivity index (χ2n) is 5.89. The fourth-order valence-electron chi connectivity index (χ4n) is 2.57. The lowest BCUT2D eigenvalue weighted by Crippen LogP contribution is -2.40. The third-order valence-corrected chi connectivity index (χ3v) is 6.69. The number of amides is 2. The lowest BCUT2D eigenvalue weighted by atomic mass is 10.2. The van der Waals surface area contributed by atoms with Crippen molar-refractivity contribution >= 4 is 38.3 Å². The fourth-order valence-corrected chi connectivity index (χ4v) is 4.66. The quantitative estimate of drug-likeness (QED) is 0.719. The Bertz CT molecular complexity index is 950. The number of morpholine rings is 1. The van der Waals surface area contributed by atoms with Gasteiger partial charge in [0.05, 0.1) is 18.1 Å². The average Bonchev–Trinajstić information content (AvgIpc) is 3.17. The van der Waals surface area contributed by atoms with E-state index in [1.165, 1.54) is 28.6 Å². The van der Waals surface area contributed by atoms with E-state index >= 15 is 0 Å². The van der Waals surface area contributed by atoms with Crippen molar-refractivity contribution in [2.75, 3.05) is 38.2 Å². The van der Waals surface area contributed by atoms with Crippen LogP contribution in [0.3, 0.4) is 0 Å². The highest BCUT2D eigenvalue weighted by molar-refractivity contribution is 7.89. The molecular weight excluding hydrogens is 404 g/mol. The van der Waals surface area contributed by atoms with Crippen molar-refractivity contribution < 1.29 is 22.7 Å². The van der Waals surface area contributed by atoms with Crippen LogP contribution in [0.15, 0.2) is 34.5 Å². The molecule has 9 nitrogen and oxygen atoms in total. The molecule has 0 aliphatic carbocycles. The Hall–Kier alpha value is -2.34. The Morgan fingerprint density at radius 2 is 1.86 bits per heavy atom. The number of rotatable bonds is 6. The SMILES string of the molecule is CCNC(=O)c1csc(NC(=O)c2ccc(S(=O)(=O)N3CCOCC3)cc2)n1. The van der Waals surface area contributed by atoms with Crippen molar-refractivity contribution in [3.05, 3.63) is 40.9 Å². The first-order valence-corrected chi connectivity index (χ1v) is 11.0. The summed E-state index contributed by atoms with van der Waals surface area (Å²) in [5.41, 5.74) is 0.518. The van der Waals surface area contributed by atoms with Crippen LogP contribution in [-0.4, -0.2) is 62.4 Å². The van der Waals surface area contributed by atoms with Gasteiger partial charge in [-0.15, -0.1) is 11.3 Å². The number of hydrogen-bond acceptors (Lipinski definition) is 7. The number of carbonyl (C=O) groups is 2. The van der Waals surface area contributed by atoms with Crippen LogP contribution in [-0.2, 0) is 14.8 Å². The molecule has 2 N–H and O–H groups in total. The molecule has 0 unspecified atom stereocenters. The van der Waals surface area contributed by atoms with Crippen LogP contribution < -0.4 is 10.6 Å². The van der Waals surface area contributed by atoms with E-state index in [0.29, 0.717) is 32.8 Å². The van der Waals surface area contributed by atoms with Gasteiger partial charge in [-0.3, -0.25) is 14.9 Å². The third kappa shape index (κ3) is 4.55. The minimum atomic E-state index is -3.61. The summed E-state index contributed by atoms with van der Waals surface area (Å²) in [5, 5.41) is 7.08. The molecule has 1 aromatic heterocycles. The molecule has 2 heterocycles. The predicted octanol–water partition coefficient (Wildman–Crippen LogP) is 1.17. The van der Waals surface area contributed by atoms with Crippen molar-refractivity contribution in [1.82, 2.24) is 14.6 Å². The van der Waals surface area contributed by atoms with Gasteiger partial charge in [0.1, 0.15) is 5.69 Å². The van der Waals surface area contributed by atoms with Crippen LogP contribution in [0.25, 0.3) is 0 Å². The van der Waals surface area contributed by atoms with E-state index in [-0.39, 0.29) is 27.2 Å². The van der Waals surface area contributed by atoms with Crippen LogP contribution in [0.2, 0.25) is 0 Å². The first-order valence-electron chi connectivity index (χ1n) is 8.65. The number of carbonyl (C=O) groups excluding carboxylic acids is 2. The summed E-state index contributed by atoms with van der Waals surface area (Å²) in [5.74, 6) is -0.746. The van der Waals surface area contributed by atoms with Crippen LogP contribution in [0.4, 0.5) is 5.13 Å². The maximum absolute atomic E-state index is 12.6. The Morgan fingerprint density at radius 1 is 1.18 bits per heavy atom. The molecular formula is C17H20N4O5S2. The van der Waals surface area contributed by atoms with E-state index in [1.54, 1.807) is 12.3 Å². The lowest BCUT2D eigenvalue weighted by Gasteiger charge is -2.26. The molecule has 11 heteroatoms. The summed E-state index contributed by atoms with van der Waals surface area (Å²) in [6.45, 7) is 3.64. The second-order valence-corrected chi connectivity index (χ2v) is 8.69. The van der Waals surface area contributed by atoms with E-state index in [9.17, 15) is 18.0 Å². The number of benzene rings is 1. The normalized spacial score (nSPS) is 15.2. The van der Waals surface area contributed by atoms with Crippen molar-refractivity contribution in [1.29, 1.82) is 0 Å². The third-order valence-electron chi connectivity index (χ3n) is 4.02. The van der Waals surface area contributed by atoms with Gasteiger partial charge in [-0.2, -0.15) is 4.31 Å². The van der Waals surface area contributed by atoms with E-state index < -0.39 is 15.9 Å². The van der Waals surface area contributed by atoms with Gasteiger partial charge in [0.25, 0.3) is 11.8 Å². The molecule has 2 aromatic rings. The standard InChI is InChI=1S/C17H20N4O5S2/c1-2-18-16(23)14-11-27-17(19-14)20-15(22)12-3-5-13(6-4-12)28(24,25)21-7-9-26-10-8-21/h3-6,11H,2,7-10H2,1H3,(H,18,23)(H,19,20,22). The fraction of sp³-hybridized carbons (Fsp3) is 0.353. The van der Waals surface area contributed by atoms with Crippen LogP contribution in [0.1, 0.15) is 27.8 Å². The highest BCUT2D eigenvalue weighted by Gasteiger charge is 2.26. The largest absolute Gasteiger partial charge is 0.379 e. The summed E-state index contributed by atoms with van der Waals surface area (Å²) in [6, 6.07) is 5.70. The molecule has 1 aromatic carbocycles. The van der Waals surface area contributed by atoms with Gasteiger partial charge in [0.15, 0.2) is 5.13 Å². The highest BCUT2D eigenvalue weighted by Crippen LogP contribution is 2.20. The monoisotopic (exact) mass is 424 g/mol. The molecule has 1 saturated heterocycles. The zero-order valence-electron chi connectivity index (χ0n) is 15.2. The summed E-state index contributed by atoms with van der Waals surface area (Å²) < 4.78 is 31.7. The van der Waals surface area contributed by atoms with Crippen LogP contribution >= 0.6 is 11.3 Å². The van der Waals surface area contributed by atoms with Gasteiger partial charge in [-0.25, -0.2) is 13.4 Å². The molecule has 2 amide bonds.